The van der Waals surface area contributed by atoms with Crippen LogP contribution in [0.15, 0.2) is 96.1 Å². The van der Waals surface area contributed by atoms with Crippen LogP contribution in [0.2, 0.25) is 0 Å². The fraction of sp³-hybridized carbons (Fsp3) is 0.0833. The number of carbonyl (C=O) groups excluding carboxylic acids is 1. The summed E-state index contributed by atoms with van der Waals surface area (Å²) < 4.78 is 2.10. The van der Waals surface area contributed by atoms with Crippen molar-refractivity contribution in [2.45, 2.75) is 13.5 Å². The molecule has 138 valence electrons. The van der Waals surface area contributed by atoms with Crippen molar-refractivity contribution in [1.29, 1.82) is 0 Å². The van der Waals surface area contributed by atoms with E-state index in [1.807, 2.05) is 54.6 Å². The zero-order chi connectivity index (χ0) is 19.3. The van der Waals surface area contributed by atoms with Gasteiger partial charge in [-0.2, -0.15) is 5.10 Å². The summed E-state index contributed by atoms with van der Waals surface area (Å²) >= 11 is 0. The quantitative estimate of drug-likeness (QED) is 0.528. The molecule has 0 saturated carbocycles. The third kappa shape index (κ3) is 3.45. The zero-order valence-corrected chi connectivity index (χ0v) is 15.7. The van der Waals surface area contributed by atoms with Crippen molar-refractivity contribution >= 4 is 16.8 Å². The largest absolute Gasteiger partial charge is 0.325 e. The van der Waals surface area contributed by atoms with Gasteiger partial charge in [0.05, 0.1) is 5.52 Å². The van der Waals surface area contributed by atoms with Crippen molar-refractivity contribution in [2.75, 3.05) is 0 Å². The first-order chi connectivity index (χ1) is 13.8. The van der Waals surface area contributed by atoms with E-state index >= 15 is 0 Å². The molecule has 1 aromatic heterocycles. The number of hydrogen-bond acceptors (Lipinski definition) is 2. The van der Waals surface area contributed by atoms with Crippen LogP contribution in [0.5, 0.6) is 0 Å². The maximum Gasteiger partial charge on any atom is 0.271 e. The number of pyridine rings is 1. The summed E-state index contributed by atoms with van der Waals surface area (Å²) in [7, 11) is 0. The highest BCUT2D eigenvalue weighted by Crippen LogP contribution is 2.26. The van der Waals surface area contributed by atoms with Crippen LogP contribution in [0.3, 0.4) is 0 Å². The molecule has 28 heavy (non-hydrogen) atoms. The molecular formula is C24H21N3O. The molecule has 0 atom stereocenters. The predicted octanol–water partition coefficient (Wildman–Crippen LogP) is 4.57. The van der Waals surface area contributed by atoms with E-state index in [2.05, 4.69) is 46.3 Å². The summed E-state index contributed by atoms with van der Waals surface area (Å²) in [5, 5.41) is 5.61. The molecule has 4 aromatic rings. The minimum absolute atomic E-state index is 0.224. The van der Waals surface area contributed by atoms with E-state index in [0.717, 1.165) is 28.6 Å². The molecule has 0 saturated heterocycles. The summed E-state index contributed by atoms with van der Waals surface area (Å²) in [4.78, 5) is 12.4. The second kappa shape index (κ2) is 7.92. The fourth-order valence-electron chi connectivity index (χ4n) is 3.39. The van der Waals surface area contributed by atoms with Gasteiger partial charge in [-0.15, -0.1) is 0 Å². The first-order valence-corrected chi connectivity index (χ1v) is 9.35. The molecule has 0 spiro atoms. The van der Waals surface area contributed by atoms with Crippen molar-refractivity contribution in [2.24, 2.45) is 5.10 Å². The normalized spacial score (nSPS) is 11.5. The van der Waals surface area contributed by atoms with Crippen LogP contribution in [0.1, 0.15) is 17.3 Å². The SMILES string of the molecule is CCn1/c(=N/NC(=O)c2ccccc2)cc(-c2ccccc2)c2ccccc21. The summed E-state index contributed by atoms with van der Waals surface area (Å²) in [6, 6.07) is 29.6. The van der Waals surface area contributed by atoms with Gasteiger partial charge in [0, 0.05) is 17.5 Å². The van der Waals surface area contributed by atoms with E-state index in [-0.39, 0.29) is 5.91 Å². The highest BCUT2D eigenvalue weighted by molar-refractivity contribution is 5.95. The van der Waals surface area contributed by atoms with Gasteiger partial charge in [-0.05, 0) is 42.3 Å². The smallest absolute Gasteiger partial charge is 0.271 e. The Kier molecular flexibility index (Phi) is 5.02. The Morgan fingerprint density at radius 2 is 1.54 bits per heavy atom. The lowest BCUT2D eigenvalue weighted by molar-refractivity contribution is 0.0952. The zero-order valence-electron chi connectivity index (χ0n) is 15.7. The van der Waals surface area contributed by atoms with Crippen LogP contribution in [0.4, 0.5) is 0 Å². The maximum atomic E-state index is 12.4. The van der Waals surface area contributed by atoms with Crippen LogP contribution in [-0.4, -0.2) is 10.5 Å². The van der Waals surface area contributed by atoms with Crippen LogP contribution < -0.4 is 10.9 Å². The fourth-order valence-corrected chi connectivity index (χ4v) is 3.39. The van der Waals surface area contributed by atoms with Gasteiger partial charge in [0.15, 0.2) is 5.49 Å². The maximum absolute atomic E-state index is 12.4. The predicted molar refractivity (Wildman–Crippen MR) is 113 cm³/mol. The first-order valence-electron chi connectivity index (χ1n) is 9.35. The van der Waals surface area contributed by atoms with E-state index in [0.29, 0.717) is 11.1 Å². The highest BCUT2D eigenvalue weighted by atomic mass is 16.2. The molecule has 0 aliphatic rings. The average Bonchev–Trinajstić information content (AvgIpc) is 2.77. The van der Waals surface area contributed by atoms with Crippen LogP contribution in [0.25, 0.3) is 22.0 Å². The van der Waals surface area contributed by atoms with Gasteiger partial charge in [0.1, 0.15) is 0 Å². The molecule has 4 nitrogen and oxygen atoms in total. The number of rotatable bonds is 4. The van der Waals surface area contributed by atoms with Gasteiger partial charge in [0.25, 0.3) is 5.91 Å². The average molecular weight is 367 g/mol. The van der Waals surface area contributed by atoms with Crippen molar-refractivity contribution < 1.29 is 4.79 Å². The summed E-state index contributed by atoms with van der Waals surface area (Å²) in [5.41, 5.74) is 7.28. The Labute approximate surface area is 163 Å². The van der Waals surface area contributed by atoms with Crippen molar-refractivity contribution in [1.82, 2.24) is 9.99 Å². The Balaban J connectivity index is 1.87. The molecule has 1 amide bonds. The Hall–Kier alpha value is -3.66. The van der Waals surface area contributed by atoms with E-state index in [9.17, 15) is 4.79 Å². The third-order valence-electron chi connectivity index (χ3n) is 4.74. The lowest BCUT2D eigenvalue weighted by atomic mass is 10.0. The number of aryl methyl sites for hydroxylation is 1. The topological polar surface area (TPSA) is 46.4 Å². The molecule has 0 aliphatic heterocycles. The second-order valence-corrected chi connectivity index (χ2v) is 6.46. The molecule has 0 fully saturated rings. The van der Waals surface area contributed by atoms with Gasteiger partial charge >= 0.3 is 0 Å². The van der Waals surface area contributed by atoms with Crippen LogP contribution >= 0.6 is 0 Å². The summed E-state index contributed by atoms with van der Waals surface area (Å²) in [6.07, 6.45) is 0. The summed E-state index contributed by atoms with van der Waals surface area (Å²) in [5.74, 6) is -0.224. The number of hydrogen-bond donors (Lipinski definition) is 1. The lowest BCUT2D eigenvalue weighted by Crippen LogP contribution is -2.27. The number of nitrogens with zero attached hydrogens (tertiary/aromatic N) is 2. The van der Waals surface area contributed by atoms with Gasteiger partial charge in [-0.3, -0.25) is 4.79 Å². The molecule has 1 heterocycles. The van der Waals surface area contributed by atoms with E-state index < -0.39 is 0 Å². The molecular weight excluding hydrogens is 346 g/mol. The summed E-state index contributed by atoms with van der Waals surface area (Å²) in [6.45, 7) is 2.82. The number of amides is 1. The molecule has 4 heteroatoms. The van der Waals surface area contributed by atoms with Gasteiger partial charge in [0.2, 0.25) is 0 Å². The first kappa shape index (κ1) is 17.7. The molecule has 0 unspecified atom stereocenters. The molecule has 0 bridgehead atoms. The second-order valence-electron chi connectivity index (χ2n) is 6.46. The molecule has 4 rings (SSSR count). The van der Waals surface area contributed by atoms with Crippen molar-refractivity contribution in [3.05, 3.63) is 102 Å². The van der Waals surface area contributed by atoms with Gasteiger partial charge < -0.3 is 4.57 Å². The number of benzene rings is 3. The van der Waals surface area contributed by atoms with E-state index in [1.54, 1.807) is 12.1 Å². The number of aromatic nitrogens is 1. The van der Waals surface area contributed by atoms with Gasteiger partial charge in [-0.1, -0.05) is 66.7 Å². The van der Waals surface area contributed by atoms with E-state index in [4.69, 9.17) is 0 Å². The standard InChI is InChI=1S/C24H21N3O/c1-2-27-22-16-10-9-15-20(22)21(18-11-5-3-6-12-18)17-23(27)25-26-24(28)19-13-7-4-8-14-19/h3-17H,2H2,1H3,(H,26,28)/b25-23+. The van der Waals surface area contributed by atoms with E-state index in [1.165, 1.54) is 0 Å². The number of para-hydroxylation sites is 1. The molecule has 0 radical (unpaired) electrons. The highest BCUT2D eigenvalue weighted by Gasteiger charge is 2.09. The minimum Gasteiger partial charge on any atom is -0.325 e. The Bertz CT molecular complexity index is 1180. The monoisotopic (exact) mass is 367 g/mol. The van der Waals surface area contributed by atoms with Crippen LogP contribution in [0, 0.1) is 0 Å². The molecule has 0 aliphatic carbocycles. The third-order valence-corrected chi connectivity index (χ3v) is 4.74. The minimum atomic E-state index is -0.224. The van der Waals surface area contributed by atoms with Crippen molar-refractivity contribution in [3.8, 4) is 11.1 Å². The number of carbonyl (C=O) groups is 1. The lowest BCUT2D eigenvalue weighted by Gasteiger charge is -2.14. The Morgan fingerprint density at radius 1 is 0.893 bits per heavy atom. The van der Waals surface area contributed by atoms with Crippen LogP contribution in [-0.2, 0) is 6.54 Å². The Morgan fingerprint density at radius 3 is 2.25 bits per heavy atom. The van der Waals surface area contributed by atoms with Gasteiger partial charge in [-0.25, -0.2) is 5.43 Å². The number of fused-ring (bicyclic) bond motifs is 1. The van der Waals surface area contributed by atoms with Crippen molar-refractivity contribution in [3.63, 3.8) is 0 Å². The molecule has 3 aromatic carbocycles. The number of nitrogens with one attached hydrogen (secondary N) is 1. The molecule has 1 N–H and O–H groups in total.